The molecule has 0 unspecified atom stereocenters. The van der Waals surface area contributed by atoms with E-state index < -0.39 is 16.0 Å². The molecular weight excluding hydrogens is 442 g/mol. The van der Waals surface area contributed by atoms with E-state index in [0.29, 0.717) is 33.5 Å². The molecule has 0 aliphatic heterocycles. The highest BCUT2D eigenvalue weighted by molar-refractivity contribution is 7.90. The molecule has 7 nitrogen and oxygen atoms in total. The van der Waals surface area contributed by atoms with Gasteiger partial charge in [-0.15, -0.1) is 0 Å². The van der Waals surface area contributed by atoms with Crippen LogP contribution in [0, 0.1) is 0 Å². The zero-order valence-electron chi connectivity index (χ0n) is 18.2. The number of rotatable bonds is 8. The topological polar surface area (TPSA) is 94.8 Å². The Kier molecular flexibility index (Phi) is 6.11. The second-order valence-electron chi connectivity index (χ2n) is 7.44. The van der Waals surface area contributed by atoms with Gasteiger partial charge in [0.1, 0.15) is 0 Å². The van der Waals surface area contributed by atoms with Gasteiger partial charge in [-0.1, -0.05) is 48.5 Å². The Morgan fingerprint density at radius 2 is 1.58 bits per heavy atom. The van der Waals surface area contributed by atoms with Crippen LogP contribution < -0.4 is 9.47 Å². The van der Waals surface area contributed by atoms with Crippen LogP contribution in [0.5, 0.6) is 11.5 Å². The Bertz CT molecular complexity index is 1420. The van der Waals surface area contributed by atoms with Crippen LogP contribution in [-0.2, 0) is 21.2 Å². The van der Waals surface area contributed by atoms with Crippen molar-refractivity contribution in [2.24, 2.45) is 0 Å². The normalized spacial score (nSPS) is 11.5. The van der Waals surface area contributed by atoms with Gasteiger partial charge in [-0.25, -0.2) is 12.4 Å². The molecule has 0 aliphatic carbocycles. The first-order valence-electron chi connectivity index (χ1n) is 10.2. The highest BCUT2D eigenvalue weighted by Gasteiger charge is 2.26. The van der Waals surface area contributed by atoms with Crippen molar-refractivity contribution < 1.29 is 27.8 Å². The van der Waals surface area contributed by atoms with E-state index in [-0.39, 0.29) is 17.7 Å². The van der Waals surface area contributed by atoms with E-state index >= 15 is 0 Å². The zero-order chi connectivity index (χ0) is 23.6. The summed E-state index contributed by atoms with van der Waals surface area (Å²) < 4.78 is 39.8. The van der Waals surface area contributed by atoms with Crippen molar-refractivity contribution in [1.82, 2.24) is 3.97 Å². The number of hydrogen-bond donors (Lipinski definition) is 1. The maximum atomic E-state index is 13.9. The molecule has 4 aromatic rings. The van der Waals surface area contributed by atoms with Gasteiger partial charge in [-0.3, -0.25) is 4.79 Å². The number of aromatic nitrogens is 1. The third kappa shape index (κ3) is 4.17. The van der Waals surface area contributed by atoms with E-state index in [0.717, 1.165) is 5.56 Å². The highest BCUT2D eigenvalue weighted by Crippen LogP contribution is 2.38. The molecule has 1 N–H and O–H groups in total. The number of benzene rings is 3. The summed E-state index contributed by atoms with van der Waals surface area (Å²) in [4.78, 5) is 11.3. The average molecular weight is 466 g/mol. The largest absolute Gasteiger partial charge is 0.493 e. The molecular formula is C25H23NO6S. The van der Waals surface area contributed by atoms with Crippen molar-refractivity contribution in [2.75, 3.05) is 14.2 Å². The minimum Gasteiger partial charge on any atom is -0.493 e. The molecule has 0 spiro atoms. The molecule has 33 heavy (non-hydrogen) atoms. The molecule has 0 atom stereocenters. The monoisotopic (exact) mass is 465 g/mol. The Labute approximate surface area is 191 Å². The SMILES string of the molecule is COc1cc2c(CCC(=O)O)cn(S(=O)(=O)c3ccccc3-c3ccccc3)c2cc1OC. The lowest BCUT2D eigenvalue weighted by Crippen LogP contribution is -2.13. The van der Waals surface area contributed by atoms with Gasteiger partial charge in [0, 0.05) is 29.6 Å². The Hall–Kier alpha value is -3.78. The van der Waals surface area contributed by atoms with Gasteiger partial charge in [0.2, 0.25) is 0 Å². The van der Waals surface area contributed by atoms with Crippen LogP contribution in [0.25, 0.3) is 22.0 Å². The number of ether oxygens (including phenoxy) is 2. The molecule has 1 aromatic heterocycles. The molecule has 0 saturated carbocycles. The fourth-order valence-electron chi connectivity index (χ4n) is 3.88. The molecule has 0 saturated heterocycles. The summed E-state index contributed by atoms with van der Waals surface area (Å²) in [6, 6.07) is 19.4. The van der Waals surface area contributed by atoms with Crippen molar-refractivity contribution in [2.45, 2.75) is 17.7 Å². The van der Waals surface area contributed by atoms with Crippen molar-refractivity contribution in [1.29, 1.82) is 0 Å². The van der Waals surface area contributed by atoms with Gasteiger partial charge < -0.3 is 14.6 Å². The molecule has 0 fully saturated rings. The summed E-state index contributed by atoms with van der Waals surface area (Å²) in [5.41, 5.74) is 2.33. The minimum absolute atomic E-state index is 0.131. The van der Waals surface area contributed by atoms with Crippen LogP contribution in [0.1, 0.15) is 12.0 Å². The first-order chi connectivity index (χ1) is 15.9. The summed E-state index contributed by atoms with van der Waals surface area (Å²) in [6.45, 7) is 0. The van der Waals surface area contributed by atoms with E-state index in [1.807, 2.05) is 30.3 Å². The first-order valence-corrected chi connectivity index (χ1v) is 11.7. The van der Waals surface area contributed by atoms with Crippen molar-refractivity contribution in [3.8, 4) is 22.6 Å². The number of carbonyl (C=O) groups is 1. The number of carboxylic acid groups (broad SMARTS) is 1. The molecule has 0 amide bonds. The van der Waals surface area contributed by atoms with Crippen LogP contribution >= 0.6 is 0 Å². The van der Waals surface area contributed by atoms with Gasteiger partial charge in [0.05, 0.1) is 24.6 Å². The fraction of sp³-hybridized carbons (Fsp3) is 0.160. The van der Waals surface area contributed by atoms with Crippen LogP contribution in [0.3, 0.4) is 0 Å². The molecule has 8 heteroatoms. The van der Waals surface area contributed by atoms with Crippen molar-refractivity contribution in [3.05, 3.63) is 78.5 Å². The number of fused-ring (bicyclic) bond motifs is 1. The van der Waals surface area contributed by atoms with Crippen LogP contribution in [0.2, 0.25) is 0 Å². The van der Waals surface area contributed by atoms with E-state index in [1.165, 1.54) is 24.4 Å². The smallest absolute Gasteiger partial charge is 0.303 e. The highest BCUT2D eigenvalue weighted by atomic mass is 32.2. The second-order valence-corrected chi connectivity index (χ2v) is 9.22. The Morgan fingerprint density at radius 1 is 0.939 bits per heavy atom. The minimum atomic E-state index is -4.03. The zero-order valence-corrected chi connectivity index (χ0v) is 19.0. The summed E-state index contributed by atoms with van der Waals surface area (Å²) >= 11 is 0. The van der Waals surface area contributed by atoms with Crippen LogP contribution in [-0.4, -0.2) is 37.7 Å². The molecule has 170 valence electrons. The molecule has 0 bridgehead atoms. The summed E-state index contributed by atoms with van der Waals surface area (Å²) in [5, 5.41) is 9.76. The molecule has 0 aliphatic rings. The Morgan fingerprint density at radius 3 is 2.24 bits per heavy atom. The van der Waals surface area contributed by atoms with Gasteiger partial charge in [-0.05, 0) is 29.7 Å². The number of nitrogens with zero attached hydrogens (tertiary/aromatic N) is 1. The van der Waals surface area contributed by atoms with Gasteiger partial charge >= 0.3 is 5.97 Å². The number of aliphatic carboxylic acids is 1. The predicted molar refractivity (Wildman–Crippen MR) is 125 cm³/mol. The van der Waals surface area contributed by atoms with E-state index in [2.05, 4.69) is 0 Å². The van der Waals surface area contributed by atoms with E-state index in [1.54, 1.807) is 36.4 Å². The molecule has 4 rings (SSSR count). The summed E-state index contributed by atoms with van der Waals surface area (Å²) in [6.07, 6.45) is 1.53. The maximum Gasteiger partial charge on any atom is 0.303 e. The molecule has 3 aromatic carbocycles. The van der Waals surface area contributed by atoms with Crippen LogP contribution in [0.4, 0.5) is 0 Å². The number of carboxylic acids is 1. The summed E-state index contributed by atoms with van der Waals surface area (Å²) in [5.74, 6) is -0.157. The fourth-order valence-corrected chi connectivity index (χ4v) is 5.48. The third-order valence-electron chi connectivity index (χ3n) is 5.48. The molecule has 0 radical (unpaired) electrons. The van der Waals surface area contributed by atoms with Gasteiger partial charge in [-0.2, -0.15) is 0 Å². The Balaban J connectivity index is 1.97. The molecule has 1 heterocycles. The van der Waals surface area contributed by atoms with Crippen molar-refractivity contribution >= 4 is 26.9 Å². The lowest BCUT2D eigenvalue weighted by Gasteiger charge is -2.13. The number of aryl methyl sites for hydroxylation is 1. The lowest BCUT2D eigenvalue weighted by atomic mass is 10.1. The van der Waals surface area contributed by atoms with E-state index in [9.17, 15) is 13.2 Å². The maximum absolute atomic E-state index is 13.9. The average Bonchev–Trinajstić information content (AvgIpc) is 3.20. The second kappa shape index (κ2) is 8.99. The van der Waals surface area contributed by atoms with E-state index in [4.69, 9.17) is 14.6 Å². The van der Waals surface area contributed by atoms with Crippen molar-refractivity contribution in [3.63, 3.8) is 0 Å². The number of methoxy groups -OCH3 is 2. The summed E-state index contributed by atoms with van der Waals surface area (Å²) in [7, 11) is -1.07. The predicted octanol–water partition coefficient (Wildman–Crippen LogP) is 4.58. The van der Waals surface area contributed by atoms with Gasteiger partial charge in [0.15, 0.2) is 11.5 Å². The first kappa shape index (κ1) is 22.4. The quantitative estimate of drug-likeness (QED) is 0.409. The van der Waals surface area contributed by atoms with Gasteiger partial charge in [0.25, 0.3) is 10.0 Å². The lowest BCUT2D eigenvalue weighted by molar-refractivity contribution is -0.136. The third-order valence-corrected chi connectivity index (χ3v) is 7.21. The van der Waals surface area contributed by atoms with Crippen LogP contribution in [0.15, 0.2) is 77.8 Å². The standard InChI is InChI=1S/C25H23NO6S/c1-31-22-14-20-18(12-13-25(27)28)16-26(21(20)15-23(22)32-2)33(29,30)24-11-7-6-10-19(24)17-8-4-3-5-9-17/h3-11,14-16H,12-13H2,1-2H3,(H,27,28). The number of hydrogen-bond acceptors (Lipinski definition) is 5.